The van der Waals surface area contributed by atoms with Gasteiger partial charge in [0.1, 0.15) is 0 Å². The van der Waals surface area contributed by atoms with Gasteiger partial charge in [-0.1, -0.05) is 72.8 Å². The highest BCUT2D eigenvalue weighted by molar-refractivity contribution is 5.25. The largest absolute Gasteiger partial charge is 0.399 e. The van der Waals surface area contributed by atoms with Crippen molar-refractivity contribution < 1.29 is 17.9 Å². The molecule has 0 spiro atoms. The predicted octanol–water partition coefficient (Wildman–Crippen LogP) is 5.50. The highest BCUT2D eigenvalue weighted by atomic mass is 19.4. The number of rotatable bonds is 7. The summed E-state index contributed by atoms with van der Waals surface area (Å²) in [5, 5.41) is 0. The van der Waals surface area contributed by atoms with Crippen LogP contribution in [0, 0.1) is 0 Å². The Labute approximate surface area is 134 Å². The number of hydrogen-bond acceptors (Lipinski definition) is 1. The van der Waals surface area contributed by atoms with Crippen LogP contribution in [-0.4, -0.2) is 12.8 Å². The minimum absolute atomic E-state index is 0.251. The Balaban J connectivity index is 1.82. The lowest BCUT2D eigenvalue weighted by Crippen LogP contribution is -2.18. The van der Waals surface area contributed by atoms with Crippen molar-refractivity contribution in [3.8, 4) is 0 Å². The van der Waals surface area contributed by atoms with Crippen LogP contribution in [0.15, 0.2) is 72.8 Å². The quantitative estimate of drug-likeness (QED) is 0.484. The van der Waals surface area contributed by atoms with Crippen LogP contribution in [0.1, 0.15) is 23.5 Å². The summed E-state index contributed by atoms with van der Waals surface area (Å²) < 4.78 is 44.8. The molecule has 0 amide bonds. The Bertz CT molecular complexity index is 591. The van der Waals surface area contributed by atoms with Crippen molar-refractivity contribution in [2.75, 3.05) is 6.61 Å². The van der Waals surface area contributed by atoms with E-state index in [0.717, 1.165) is 5.56 Å². The molecule has 0 heterocycles. The molecule has 2 aromatic carbocycles. The number of alkyl halides is 3. The fourth-order valence-electron chi connectivity index (χ4n) is 2.22. The summed E-state index contributed by atoms with van der Waals surface area (Å²) in [5.41, 5.74) is 1.30. The summed E-state index contributed by atoms with van der Waals surface area (Å²) >= 11 is 0. The SMILES string of the molecule is FC(F)(F)C(/C=C/CCOCc1ccccc1)c1ccccc1. The summed E-state index contributed by atoms with van der Waals surface area (Å²) in [6.45, 7) is 0.862. The average Bonchev–Trinajstić information content (AvgIpc) is 2.54. The molecule has 0 aromatic heterocycles. The second-order valence-electron chi connectivity index (χ2n) is 5.18. The van der Waals surface area contributed by atoms with Crippen LogP contribution in [0.25, 0.3) is 0 Å². The topological polar surface area (TPSA) is 9.23 Å². The first kappa shape index (κ1) is 17.3. The number of benzene rings is 2. The first-order valence-corrected chi connectivity index (χ1v) is 7.47. The Kier molecular flexibility index (Phi) is 6.41. The van der Waals surface area contributed by atoms with Gasteiger partial charge in [0.05, 0.1) is 19.1 Å². The van der Waals surface area contributed by atoms with Gasteiger partial charge in [-0.15, -0.1) is 0 Å². The van der Waals surface area contributed by atoms with E-state index in [4.69, 9.17) is 4.74 Å². The van der Waals surface area contributed by atoms with Crippen LogP contribution < -0.4 is 0 Å². The Morgan fingerprint density at radius 1 is 0.913 bits per heavy atom. The summed E-state index contributed by atoms with van der Waals surface area (Å²) in [4.78, 5) is 0. The molecule has 1 atom stereocenters. The Hall–Kier alpha value is -2.07. The highest BCUT2D eigenvalue weighted by Crippen LogP contribution is 2.35. The maximum absolute atomic E-state index is 13.1. The second-order valence-corrected chi connectivity index (χ2v) is 5.18. The molecule has 2 aromatic rings. The van der Waals surface area contributed by atoms with Crippen molar-refractivity contribution >= 4 is 0 Å². The van der Waals surface area contributed by atoms with E-state index in [0.29, 0.717) is 19.6 Å². The van der Waals surface area contributed by atoms with Crippen LogP contribution in [0.4, 0.5) is 13.2 Å². The van der Waals surface area contributed by atoms with Crippen molar-refractivity contribution in [2.45, 2.75) is 25.1 Å². The van der Waals surface area contributed by atoms with Gasteiger partial charge in [0, 0.05) is 0 Å². The molecule has 4 heteroatoms. The maximum atomic E-state index is 13.1. The summed E-state index contributed by atoms with van der Waals surface area (Å²) in [5.74, 6) is -1.57. The van der Waals surface area contributed by atoms with Gasteiger partial charge in [-0.05, 0) is 17.5 Å². The molecule has 0 radical (unpaired) electrons. The normalized spacial score (nSPS) is 13.3. The van der Waals surface area contributed by atoms with Gasteiger partial charge in [0.15, 0.2) is 0 Å². The maximum Gasteiger partial charge on any atom is 0.399 e. The first-order valence-electron chi connectivity index (χ1n) is 7.47. The fourth-order valence-corrected chi connectivity index (χ4v) is 2.22. The molecule has 0 aliphatic rings. The number of ether oxygens (including phenoxy) is 1. The number of allylic oxidation sites excluding steroid dienone is 1. The molecule has 0 saturated heterocycles. The lowest BCUT2D eigenvalue weighted by Gasteiger charge is -2.17. The van der Waals surface area contributed by atoms with Crippen molar-refractivity contribution in [3.63, 3.8) is 0 Å². The third-order valence-corrected chi connectivity index (χ3v) is 3.38. The molecule has 0 fully saturated rings. The average molecular weight is 320 g/mol. The van der Waals surface area contributed by atoms with Gasteiger partial charge in [0.25, 0.3) is 0 Å². The summed E-state index contributed by atoms with van der Waals surface area (Å²) in [6.07, 6.45) is -1.09. The molecule has 0 N–H and O–H groups in total. The van der Waals surface area contributed by atoms with E-state index in [1.54, 1.807) is 18.2 Å². The van der Waals surface area contributed by atoms with Gasteiger partial charge in [0.2, 0.25) is 0 Å². The molecular formula is C19H19F3O. The van der Waals surface area contributed by atoms with E-state index < -0.39 is 12.1 Å². The van der Waals surface area contributed by atoms with E-state index >= 15 is 0 Å². The van der Waals surface area contributed by atoms with E-state index in [1.165, 1.54) is 24.3 Å². The molecule has 0 saturated carbocycles. The fraction of sp³-hybridized carbons (Fsp3) is 0.263. The molecule has 122 valence electrons. The number of halogens is 3. The van der Waals surface area contributed by atoms with Crippen molar-refractivity contribution in [2.24, 2.45) is 0 Å². The second kappa shape index (κ2) is 8.53. The van der Waals surface area contributed by atoms with Crippen LogP contribution >= 0.6 is 0 Å². The van der Waals surface area contributed by atoms with E-state index in [2.05, 4.69) is 0 Å². The molecular weight excluding hydrogens is 301 g/mol. The zero-order chi connectivity index (χ0) is 16.5. The first-order chi connectivity index (χ1) is 11.1. The lowest BCUT2D eigenvalue weighted by molar-refractivity contribution is -0.139. The van der Waals surface area contributed by atoms with Gasteiger partial charge in [-0.25, -0.2) is 0 Å². The molecule has 1 nitrogen and oxygen atoms in total. The van der Waals surface area contributed by atoms with Crippen molar-refractivity contribution in [3.05, 3.63) is 83.9 Å². The summed E-state index contributed by atoms with van der Waals surface area (Å²) in [6, 6.07) is 17.6. The zero-order valence-corrected chi connectivity index (χ0v) is 12.7. The van der Waals surface area contributed by atoms with Crippen LogP contribution in [0.2, 0.25) is 0 Å². The highest BCUT2D eigenvalue weighted by Gasteiger charge is 2.38. The van der Waals surface area contributed by atoms with Gasteiger partial charge < -0.3 is 4.74 Å². The molecule has 0 bridgehead atoms. The van der Waals surface area contributed by atoms with Crippen LogP contribution in [0.5, 0.6) is 0 Å². The molecule has 0 aliphatic carbocycles. The zero-order valence-electron chi connectivity index (χ0n) is 12.7. The minimum atomic E-state index is -4.29. The smallest absolute Gasteiger partial charge is 0.376 e. The van der Waals surface area contributed by atoms with Crippen molar-refractivity contribution in [1.29, 1.82) is 0 Å². The van der Waals surface area contributed by atoms with Gasteiger partial charge in [-0.3, -0.25) is 0 Å². The van der Waals surface area contributed by atoms with Crippen LogP contribution in [-0.2, 0) is 11.3 Å². The molecule has 1 unspecified atom stereocenters. The third kappa shape index (κ3) is 5.91. The van der Waals surface area contributed by atoms with Crippen molar-refractivity contribution in [1.82, 2.24) is 0 Å². The monoisotopic (exact) mass is 320 g/mol. The minimum Gasteiger partial charge on any atom is -0.376 e. The standard InChI is InChI=1S/C19H19F3O/c20-19(21,22)18(17-11-5-2-6-12-17)13-7-8-14-23-15-16-9-3-1-4-10-16/h1-7,9-13,18H,8,14-15H2/b13-7+. The van der Waals surface area contributed by atoms with Crippen LogP contribution in [0.3, 0.4) is 0 Å². The predicted molar refractivity (Wildman–Crippen MR) is 85.1 cm³/mol. The molecule has 2 rings (SSSR count). The van der Waals surface area contributed by atoms with Gasteiger partial charge >= 0.3 is 6.18 Å². The molecule has 0 aliphatic heterocycles. The van der Waals surface area contributed by atoms with E-state index in [1.807, 2.05) is 30.3 Å². The number of hydrogen-bond donors (Lipinski definition) is 0. The van der Waals surface area contributed by atoms with Gasteiger partial charge in [-0.2, -0.15) is 13.2 Å². The summed E-state index contributed by atoms with van der Waals surface area (Å²) in [7, 11) is 0. The molecule has 23 heavy (non-hydrogen) atoms. The lowest BCUT2D eigenvalue weighted by atomic mass is 9.98. The third-order valence-electron chi connectivity index (χ3n) is 3.38. The van der Waals surface area contributed by atoms with E-state index in [9.17, 15) is 13.2 Å². The Morgan fingerprint density at radius 2 is 1.52 bits per heavy atom. The van der Waals surface area contributed by atoms with E-state index in [-0.39, 0.29) is 5.56 Å². The Morgan fingerprint density at radius 3 is 2.13 bits per heavy atom.